The summed E-state index contributed by atoms with van der Waals surface area (Å²) < 4.78 is 61.4. The first-order chi connectivity index (χ1) is 5.76. The van der Waals surface area contributed by atoms with E-state index in [1.165, 1.54) is 0 Å². The Kier molecular flexibility index (Phi) is 2.40. The molecule has 0 radical (unpaired) electrons. The van der Waals surface area contributed by atoms with Crippen LogP contribution in [0, 0.1) is 0 Å². The summed E-state index contributed by atoms with van der Waals surface area (Å²) in [6.07, 6.45) is -5.57. The van der Waals surface area contributed by atoms with E-state index in [0.717, 1.165) is 0 Å². The highest BCUT2D eigenvalue weighted by Gasteiger charge is 2.55. The molecule has 1 aliphatic rings. The molecule has 0 amide bonds. The van der Waals surface area contributed by atoms with Crippen LogP contribution in [0.3, 0.4) is 0 Å². The van der Waals surface area contributed by atoms with E-state index in [1.807, 2.05) is 0 Å². The van der Waals surface area contributed by atoms with Crippen molar-refractivity contribution in [3.8, 4) is 0 Å². The van der Waals surface area contributed by atoms with E-state index in [4.69, 9.17) is 11.6 Å². The highest BCUT2D eigenvalue weighted by molar-refractivity contribution is 6.31. The molecule has 0 nitrogen and oxygen atoms in total. The Labute approximate surface area is 75.7 Å². The lowest BCUT2D eigenvalue weighted by Crippen LogP contribution is -2.39. The highest BCUT2D eigenvalue weighted by atomic mass is 35.5. The third-order valence-electron chi connectivity index (χ3n) is 1.63. The number of rotatable bonds is 0. The summed E-state index contributed by atoms with van der Waals surface area (Å²) in [5.41, 5.74) is -3.63. The first-order valence-electron chi connectivity index (χ1n) is 3.26. The molecule has 0 aromatic carbocycles. The summed E-state index contributed by atoms with van der Waals surface area (Å²) in [5, 5.41) is -0.488. The van der Waals surface area contributed by atoms with Gasteiger partial charge in [-0.3, -0.25) is 0 Å². The minimum atomic E-state index is -5.11. The molecule has 0 saturated heterocycles. The molecule has 0 aromatic heterocycles. The molecule has 1 atom stereocenters. The van der Waals surface area contributed by atoms with E-state index in [1.54, 1.807) is 0 Å². The third-order valence-corrected chi connectivity index (χ3v) is 1.97. The monoisotopic (exact) mass is 218 g/mol. The molecular weight excluding hydrogens is 215 g/mol. The first kappa shape index (κ1) is 10.5. The Morgan fingerprint density at radius 3 is 2.31 bits per heavy atom. The molecular formula is C7H4ClF5. The van der Waals surface area contributed by atoms with Gasteiger partial charge in [-0.25, -0.2) is 8.78 Å². The summed E-state index contributed by atoms with van der Waals surface area (Å²) in [7, 11) is 0. The van der Waals surface area contributed by atoms with Crippen molar-refractivity contribution in [2.75, 3.05) is 0 Å². The van der Waals surface area contributed by atoms with E-state index in [-0.39, 0.29) is 6.08 Å². The predicted octanol–water partition coefficient (Wildman–Crippen LogP) is 3.64. The molecule has 1 aliphatic carbocycles. The summed E-state index contributed by atoms with van der Waals surface area (Å²) >= 11 is 5.13. The van der Waals surface area contributed by atoms with Crippen molar-refractivity contribution in [3.63, 3.8) is 0 Å². The Morgan fingerprint density at radius 1 is 1.38 bits per heavy atom. The van der Waals surface area contributed by atoms with Gasteiger partial charge in [-0.15, -0.1) is 0 Å². The van der Waals surface area contributed by atoms with Crippen LogP contribution in [0.25, 0.3) is 0 Å². The van der Waals surface area contributed by atoms with Crippen LogP contribution >= 0.6 is 11.6 Å². The molecule has 1 rings (SSSR count). The van der Waals surface area contributed by atoms with Crippen molar-refractivity contribution in [2.45, 2.75) is 18.3 Å². The standard InChI is InChI=1S/C7H4ClF5/c8-4-1-2-6(10,3-5(4)9)7(11,12)13/h1,3H,2H2. The maximum atomic E-state index is 13.0. The average molecular weight is 219 g/mol. The maximum absolute atomic E-state index is 13.0. The lowest BCUT2D eigenvalue weighted by molar-refractivity contribution is -0.211. The van der Waals surface area contributed by atoms with Crippen LogP contribution in [0.5, 0.6) is 0 Å². The van der Waals surface area contributed by atoms with E-state index in [0.29, 0.717) is 6.08 Å². The Morgan fingerprint density at radius 2 is 1.92 bits per heavy atom. The van der Waals surface area contributed by atoms with Gasteiger partial charge in [0, 0.05) is 6.42 Å². The lowest BCUT2D eigenvalue weighted by Gasteiger charge is -2.25. The number of hydrogen-bond acceptors (Lipinski definition) is 0. The first-order valence-corrected chi connectivity index (χ1v) is 3.64. The van der Waals surface area contributed by atoms with Gasteiger partial charge >= 0.3 is 6.18 Å². The molecule has 0 aliphatic heterocycles. The molecule has 0 heterocycles. The normalized spacial score (nSPS) is 29.7. The van der Waals surface area contributed by atoms with E-state index < -0.39 is 29.1 Å². The topological polar surface area (TPSA) is 0 Å². The number of alkyl halides is 4. The van der Waals surface area contributed by atoms with Crippen LogP contribution in [-0.2, 0) is 0 Å². The summed E-state index contributed by atoms with van der Waals surface area (Å²) in [4.78, 5) is 0. The molecule has 13 heavy (non-hydrogen) atoms. The molecule has 1 unspecified atom stereocenters. The van der Waals surface area contributed by atoms with Crippen molar-refractivity contribution in [2.24, 2.45) is 0 Å². The van der Waals surface area contributed by atoms with Gasteiger partial charge in [-0.2, -0.15) is 13.2 Å². The van der Waals surface area contributed by atoms with Gasteiger partial charge in [0.25, 0.3) is 0 Å². The Bertz CT molecular complexity index is 277. The fraction of sp³-hybridized carbons (Fsp3) is 0.429. The van der Waals surface area contributed by atoms with Crippen molar-refractivity contribution in [1.29, 1.82) is 0 Å². The van der Waals surface area contributed by atoms with E-state index >= 15 is 0 Å². The molecule has 0 saturated carbocycles. The van der Waals surface area contributed by atoms with Crippen LogP contribution in [0.1, 0.15) is 6.42 Å². The van der Waals surface area contributed by atoms with Crippen LogP contribution in [0.2, 0.25) is 0 Å². The zero-order valence-corrected chi connectivity index (χ0v) is 6.89. The second-order valence-electron chi connectivity index (χ2n) is 2.61. The molecule has 0 bridgehead atoms. The van der Waals surface area contributed by atoms with Crippen LogP contribution in [-0.4, -0.2) is 11.8 Å². The van der Waals surface area contributed by atoms with Crippen molar-refractivity contribution < 1.29 is 22.0 Å². The maximum Gasteiger partial charge on any atom is 0.426 e. The van der Waals surface area contributed by atoms with Gasteiger partial charge in [0.2, 0.25) is 5.67 Å². The molecule has 0 N–H and O–H groups in total. The SMILES string of the molecule is FC1=CC(F)(C(F)(F)F)CC=C1Cl. The molecule has 0 spiro atoms. The zero-order valence-electron chi connectivity index (χ0n) is 6.13. The Hall–Kier alpha value is -0.580. The molecule has 0 fully saturated rings. The van der Waals surface area contributed by atoms with Gasteiger partial charge in [-0.1, -0.05) is 17.7 Å². The molecule has 74 valence electrons. The number of allylic oxidation sites excluding steroid dienone is 4. The lowest BCUT2D eigenvalue weighted by atomic mass is 9.96. The minimum absolute atomic E-state index is 0.144. The van der Waals surface area contributed by atoms with Gasteiger partial charge in [0.15, 0.2) is 0 Å². The molecule has 6 heteroatoms. The van der Waals surface area contributed by atoms with Gasteiger partial charge in [-0.05, 0) is 6.08 Å². The van der Waals surface area contributed by atoms with E-state index in [2.05, 4.69) is 0 Å². The number of hydrogen-bond donors (Lipinski definition) is 0. The largest absolute Gasteiger partial charge is 0.426 e. The second kappa shape index (κ2) is 2.97. The Balaban J connectivity index is 3.01. The van der Waals surface area contributed by atoms with Crippen molar-refractivity contribution in [3.05, 3.63) is 23.0 Å². The average Bonchev–Trinajstić information content (AvgIpc) is 1.95. The quantitative estimate of drug-likeness (QED) is 0.545. The van der Waals surface area contributed by atoms with Crippen molar-refractivity contribution in [1.82, 2.24) is 0 Å². The van der Waals surface area contributed by atoms with Crippen LogP contribution in [0.4, 0.5) is 22.0 Å². The fourth-order valence-corrected chi connectivity index (χ4v) is 0.994. The van der Waals surface area contributed by atoms with Gasteiger partial charge in [0.05, 0.1) is 5.03 Å². The van der Waals surface area contributed by atoms with Crippen molar-refractivity contribution >= 4 is 11.6 Å². The molecule has 0 aromatic rings. The highest BCUT2D eigenvalue weighted by Crippen LogP contribution is 2.43. The summed E-state index contributed by atoms with van der Waals surface area (Å²) in [6.45, 7) is 0. The van der Waals surface area contributed by atoms with Gasteiger partial charge in [0.1, 0.15) is 5.83 Å². The van der Waals surface area contributed by atoms with E-state index in [9.17, 15) is 22.0 Å². The van der Waals surface area contributed by atoms with Crippen LogP contribution in [0.15, 0.2) is 23.0 Å². The smallest absolute Gasteiger partial charge is 0.229 e. The third kappa shape index (κ3) is 1.85. The predicted molar refractivity (Wildman–Crippen MR) is 37.6 cm³/mol. The number of halogens is 6. The summed E-state index contributed by atoms with van der Waals surface area (Å²) in [6, 6.07) is 0. The minimum Gasteiger partial charge on any atom is -0.229 e. The van der Waals surface area contributed by atoms with Crippen LogP contribution < -0.4 is 0 Å². The van der Waals surface area contributed by atoms with Gasteiger partial charge < -0.3 is 0 Å². The summed E-state index contributed by atoms with van der Waals surface area (Å²) in [5.74, 6) is -1.38. The zero-order chi connectivity index (χ0) is 10.3. The second-order valence-corrected chi connectivity index (χ2v) is 3.02. The fourth-order valence-electron chi connectivity index (χ4n) is 0.862.